The summed E-state index contributed by atoms with van der Waals surface area (Å²) < 4.78 is 45.5. The normalized spacial score (nSPS) is 11.6. The van der Waals surface area contributed by atoms with E-state index in [-0.39, 0.29) is 23.0 Å². The van der Waals surface area contributed by atoms with E-state index >= 15 is 0 Å². The van der Waals surface area contributed by atoms with Gasteiger partial charge in [-0.15, -0.1) is 0 Å². The third-order valence-corrected chi connectivity index (χ3v) is 4.36. The second-order valence-electron chi connectivity index (χ2n) is 6.82. The highest BCUT2D eigenvalue weighted by molar-refractivity contribution is 5.59. The van der Waals surface area contributed by atoms with Crippen LogP contribution in [-0.4, -0.2) is 19.9 Å². The van der Waals surface area contributed by atoms with Gasteiger partial charge in [-0.3, -0.25) is 4.79 Å². The Balaban J connectivity index is 1.74. The molecule has 4 aromatic rings. The summed E-state index contributed by atoms with van der Waals surface area (Å²) in [6, 6.07) is 11.7. The fourth-order valence-electron chi connectivity index (χ4n) is 3.05. The monoisotopic (exact) mass is 412 g/mol. The first-order valence-corrected chi connectivity index (χ1v) is 8.91. The molecule has 152 valence electrons. The van der Waals surface area contributed by atoms with Crippen LogP contribution in [0.1, 0.15) is 16.7 Å². The van der Waals surface area contributed by atoms with Crippen LogP contribution in [0.25, 0.3) is 28.7 Å². The van der Waals surface area contributed by atoms with Crippen LogP contribution in [-0.2, 0) is 6.18 Å². The average Bonchev–Trinajstić information content (AvgIpc) is 3.17. The lowest BCUT2D eigenvalue weighted by atomic mass is 10.1. The van der Waals surface area contributed by atoms with Gasteiger partial charge in [-0.2, -0.15) is 23.3 Å². The molecule has 0 aliphatic heterocycles. The molecule has 0 fully saturated rings. The summed E-state index contributed by atoms with van der Waals surface area (Å²) in [7, 11) is 0. The van der Waals surface area contributed by atoms with Gasteiger partial charge in [-0.25, -0.2) is 4.68 Å². The summed E-state index contributed by atoms with van der Waals surface area (Å²) in [6.45, 7) is 3.89. The van der Waals surface area contributed by atoms with E-state index in [4.69, 9.17) is 4.52 Å². The van der Waals surface area contributed by atoms with E-state index in [9.17, 15) is 18.0 Å². The minimum Gasteiger partial charge on any atom is -0.332 e. The highest BCUT2D eigenvalue weighted by Gasteiger charge is 2.31. The van der Waals surface area contributed by atoms with Crippen LogP contribution in [0.4, 0.5) is 13.2 Å². The van der Waals surface area contributed by atoms with Crippen molar-refractivity contribution in [2.24, 2.45) is 0 Å². The van der Waals surface area contributed by atoms with Gasteiger partial charge in [-0.1, -0.05) is 23.4 Å². The highest BCUT2D eigenvalue weighted by atomic mass is 19.4. The molecule has 2 aromatic carbocycles. The number of halogens is 3. The largest absolute Gasteiger partial charge is 0.416 e. The van der Waals surface area contributed by atoms with Crippen LogP contribution in [0.3, 0.4) is 0 Å². The number of benzene rings is 2. The van der Waals surface area contributed by atoms with E-state index < -0.39 is 17.2 Å². The lowest BCUT2D eigenvalue weighted by Crippen LogP contribution is -2.13. The van der Waals surface area contributed by atoms with Crippen molar-refractivity contribution in [3.63, 3.8) is 0 Å². The lowest BCUT2D eigenvalue weighted by Gasteiger charge is -2.08. The molecule has 0 radical (unpaired) electrons. The van der Waals surface area contributed by atoms with Crippen LogP contribution >= 0.6 is 0 Å². The fourth-order valence-corrected chi connectivity index (χ4v) is 3.05. The topological polar surface area (TPSA) is 73.8 Å². The van der Waals surface area contributed by atoms with E-state index in [1.165, 1.54) is 29.1 Å². The third-order valence-electron chi connectivity index (χ3n) is 4.36. The summed E-state index contributed by atoms with van der Waals surface area (Å²) >= 11 is 0. The van der Waals surface area contributed by atoms with Crippen molar-refractivity contribution in [2.75, 3.05) is 0 Å². The molecule has 2 heterocycles. The van der Waals surface area contributed by atoms with Gasteiger partial charge in [0.1, 0.15) is 0 Å². The number of nitrogens with zero attached hydrogens (tertiary/aromatic N) is 4. The van der Waals surface area contributed by atoms with Crippen molar-refractivity contribution < 1.29 is 17.7 Å². The molecule has 30 heavy (non-hydrogen) atoms. The Kier molecular flexibility index (Phi) is 4.73. The predicted octanol–water partition coefficient (Wildman–Crippen LogP) is 4.59. The zero-order valence-corrected chi connectivity index (χ0v) is 15.9. The van der Waals surface area contributed by atoms with Crippen molar-refractivity contribution in [1.82, 2.24) is 19.9 Å². The number of aryl methyl sites for hydroxylation is 2. The van der Waals surface area contributed by atoms with E-state index in [1.807, 2.05) is 32.0 Å². The molecule has 0 atom stereocenters. The molecule has 0 aliphatic carbocycles. The van der Waals surface area contributed by atoms with Crippen molar-refractivity contribution >= 4 is 0 Å². The quantitative estimate of drug-likeness (QED) is 0.492. The van der Waals surface area contributed by atoms with E-state index in [0.29, 0.717) is 0 Å². The number of aromatic nitrogens is 4. The summed E-state index contributed by atoms with van der Waals surface area (Å²) in [4.78, 5) is 16.4. The molecule has 6 nitrogen and oxygen atoms in total. The van der Waals surface area contributed by atoms with Crippen LogP contribution in [0.5, 0.6) is 0 Å². The third kappa shape index (κ3) is 3.86. The van der Waals surface area contributed by atoms with Crippen molar-refractivity contribution in [2.45, 2.75) is 20.0 Å². The van der Waals surface area contributed by atoms with Gasteiger partial charge in [0.15, 0.2) is 5.69 Å². The minimum atomic E-state index is -4.50. The van der Waals surface area contributed by atoms with Crippen LogP contribution < -0.4 is 5.43 Å². The van der Waals surface area contributed by atoms with Crippen LogP contribution in [0.2, 0.25) is 0 Å². The fraction of sp³-hybridized carbons (Fsp3) is 0.143. The maximum atomic E-state index is 13.0. The van der Waals surface area contributed by atoms with Gasteiger partial charge in [0.2, 0.25) is 11.3 Å². The Morgan fingerprint density at radius 2 is 1.73 bits per heavy atom. The first-order chi connectivity index (χ1) is 14.2. The minimum absolute atomic E-state index is 0.0703. The van der Waals surface area contributed by atoms with Gasteiger partial charge in [0.25, 0.3) is 5.89 Å². The number of alkyl halides is 3. The zero-order chi connectivity index (χ0) is 21.5. The summed E-state index contributed by atoms with van der Waals surface area (Å²) in [5.74, 6) is -0.245. The molecule has 0 saturated heterocycles. The Morgan fingerprint density at radius 3 is 2.43 bits per heavy atom. The SMILES string of the molecule is Cc1cc(C)cc(-n2ccc(=O)c(-c3nc(-c4cccc(C(F)(F)F)c4)no3)n2)c1. The Hall–Kier alpha value is -3.75. The average molecular weight is 412 g/mol. The first-order valence-electron chi connectivity index (χ1n) is 8.91. The molecule has 0 spiro atoms. The second-order valence-corrected chi connectivity index (χ2v) is 6.82. The molecule has 0 N–H and O–H groups in total. The Bertz CT molecular complexity index is 1270. The van der Waals surface area contributed by atoms with Crippen molar-refractivity contribution in [3.8, 4) is 28.7 Å². The van der Waals surface area contributed by atoms with Gasteiger partial charge in [0, 0.05) is 17.8 Å². The molecular formula is C21H15F3N4O2. The smallest absolute Gasteiger partial charge is 0.332 e. The Labute approximate surface area is 168 Å². The number of hydrogen-bond acceptors (Lipinski definition) is 5. The van der Waals surface area contributed by atoms with Gasteiger partial charge >= 0.3 is 6.18 Å². The molecule has 0 unspecified atom stereocenters. The summed E-state index contributed by atoms with van der Waals surface area (Å²) in [5.41, 5.74) is 1.53. The standard InChI is InChI=1S/C21H15F3N4O2/c1-12-8-13(2)10-16(9-12)28-7-6-17(29)18(26-28)20-25-19(27-30-20)14-4-3-5-15(11-14)21(22,23)24/h3-11H,1-2H3. The zero-order valence-electron chi connectivity index (χ0n) is 15.9. The molecule has 0 amide bonds. The maximum Gasteiger partial charge on any atom is 0.416 e. The molecular weight excluding hydrogens is 397 g/mol. The first kappa shape index (κ1) is 19.6. The molecule has 2 aromatic heterocycles. The maximum absolute atomic E-state index is 13.0. The number of hydrogen-bond donors (Lipinski definition) is 0. The Morgan fingerprint density at radius 1 is 1.00 bits per heavy atom. The van der Waals surface area contributed by atoms with E-state index in [1.54, 1.807) is 0 Å². The molecule has 9 heteroatoms. The van der Waals surface area contributed by atoms with Crippen LogP contribution in [0.15, 0.2) is 64.0 Å². The highest BCUT2D eigenvalue weighted by Crippen LogP contribution is 2.31. The van der Waals surface area contributed by atoms with Crippen molar-refractivity contribution in [3.05, 3.63) is 81.6 Å². The summed E-state index contributed by atoms with van der Waals surface area (Å²) in [5, 5.41) is 8.00. The van der Waals surface area contributed by atoms with Crippen molar-refractivity contribution in [1.29, 1.82) is 0 Å². The molecule has 0 bridgehead atoms. The predicted molar refractivity (Wildman–Crippen MR) is 103 cm³/mol. The van der Waals surface area contributed by atoms with E-state index in [2.05, 4.69) is 15.2 Å². The number of rotatable bonds is 3. The lowest BCUT2D eigenvalue weighted by molar-refractivity contribution is -0.137. The van der Waals surface area contributed by atoms with E-state index in [0.717, 1.165) is 28.9 Å². The summed E-state index contributed by atoms with van der Waals surface area (Å²) in [6.07, 6.45) is -2.98. The molecule has 4 rings (SSSR count). The van der Waals surface area contributed by atoms with Gasteiger partial charge in [0.05, 0.1) is 11.3 Å². The van der Waals surface area contributed by atoms with Gasteiger partial charge in [-0.05, 0) is 49.2 Å². The molecule has 0 saturated carbocycles. The second kappa shape index (κ2) is 7.25. The van der Waals surface area contributed by atoms with Gasteiger partial charge < -0.3 is 4.52 Å². The van der Waals surface area contributed by atoms with Crippen LogP contribution in [0, 0.1) is 13.8 Å². The molecule has 0 aliphatic rings.